The van der Waals surface area contributed by atoms with Gasteiger partial charge in [-0.1, -0.05) is 0 Å². The van der Waals surface area contributed by atoms with Crippen LogP contribution in [0.25, 0.3) is 0 Å². The van der Waals surface area contributed by atoms with Crippen molar-refractivity contribution in [2.75, 3.05) is 0 Å². The van der Waals surface area contributed by atoms with Gasteiger partial charge in [-0.2, -0.15) is 0 Å². The molecule has 2 N–H and O–H groups in total. The topological polar surface area (TPSA) is 58.2 Å². The molecule has 1 fully saturated rings. The number of nitrogens with one attached hydrogen (secondary N) is 2. The summed E-state index contributed by atoms with van der Waals surface area (Å²) in [5.74, 6) is -4.16. The maximum atomic E-state index is 13.3. The van der Waals surface area contributed by atoms with Crippen molar-refractivity contribution in [3.05, 3.63) is 35.1 Å². The van der Waals surface area contributed by atoms with E-state index < -0.39 is 29.4 Å². The number of hydrogen-bond acceptors (Lipinski definition) is 3. The van der Waals surface area contributed by atoms with Crippen molar-refractivity contribution < 1.29 is 22.8 Å². The molecule has 1 aromatic carbocycles. The first-order chi connectivity index (χ1) is 8.97. The molecule has 0 aromatic heterocycles. The standard InChI is InChI=1S/C12H11F3N2O2/c13-7-4-9(15)8(14)3-6(7)5-16-10-1-2-11(18)17-12(10)19/h3-4,10,16H,1-2,5H2,(H,17,18,19). The van der Waals surface area contributed by atoms with Crippen LogP contribution in [0.2, 0.25) is 0 Å². The summed E-state index contributed by atoms with van der Waals surface area (Å²) in [6, 6.07) is 0.547. The van der Waals surface area contributed by atoms with E-state index in [0.29, 0.717) is 6.07 Å². The molecule has 2 rings (SSSR count). The first-order valence-corrected chi connectivity index (χ1v) is 5.68. The lowest BCUT2D eigenvalue weighted by molar-refractivity contribution is -0.134. The van der Waals surface area contributed by atoms with Gasteiger partial charge >= 0.3 is 0 Å². The van der Waals surface area contributed by atoms with E-state index in [9.17, 15) is 22.8 Å². The van der Waals surface area contributed by atoms with Crippen LogP contribution in [0.3, 0.4) is 0 Å². The number of imide groups is 1. The summed E-state index contributed by atoms with van der Waals surface area (Å²) in [7, 11) is 0. The molecule has 1 atom stereocenters. The van der Waals surface area contributed by atoms with Gasteiger partial charge in [0.05, 0.1) is 6.04 Å². The van der Waals surface area contributed by atoms with Gasteiger partial charge in [-0.25, -0.2) is 13.2 Å². The molecule has 102 valence electrons. The number of amides is 2. The van der Waals surface area contributed by atoms with Crippen molar-refractivity contribution in [3.8, 4) is 0 Å². The Kier molecular flexibility index (Phi) is 3.84. The number of hydrogen-bond donors (Lipinski definition) is 2. The Morgan fingerprint density at radius 3 is 2.53 bits per heavy atom. The van der Waals surface area contributed by atoms with Crippen molar-refractivity contribution in [2.24, 2.45) is 0 Å². The summed E-state index contributed by atoms with van der Waals surface area (Å²) in [5, 5.41) is 4.83. The minimum absolute atomic E-state index is 0.0800. The number of carbonyl (C=O) groups is 2. The van der Waals surface area contributed by atoms with Gasteiger partial charge in [0.15, 0.2) is 11.6 Å². The second kappa shape index (κ2) is 5.40. The third-order valence-electron chi connectivity index (χ3n) is 2.87. The van der Waals surface area contributed by atoms with E-state index in [-0.39, 0.29) is 30.9 Å². The zero-order chi connectivity index (χ0) is 14.0. The van der Waals surface area contributed by atoms with Gasteiger partial charge in [0.2, 0.25) is 11.8 Å². The van der Waals surface area contributed by atoms with Crippen LogP contribution in [0.15, 0.2) is 12.1 Å². The van der Waals surface area contributed by atoms with Gasteiger partial charge in [0.1, 0.15) is 5.82 Å². The van der Waals surface area contributed by atoms with Gasteiger partial charge < -0.3 is 5.32 Å². The van der Waals surface area contributed by atoms with Gasteiger partial charge in [0.25, 0.3) is 0 Å². The van der Waals surface area contributed by atoms with Crippen LogP contribution < -0.4 is 10.6 Å². The van der Waals surface area contributed by atoms with E-state index in [1.807, 2.05) is 0 Å². The monoisotopic (exact) mass is 272 g/mol. The molecule has 0 spiro atoms. The van der Waals surface area contributed by atoms with Crippen molar-refractivity contribution in [1.82, 2.24) is 10.6 Å². The smallest absolute Gasteiger partial charge is 0.243 e. The fourth-order valence-electron chi connectivity index (χ4n) is 1.82. The van der Waals surface area contributed by atoms with Gasteiger partial charge in [-0.05, 0) is 12.5 Å². The Bertz CT molecular complexity index is 534. The van der Waals surface area contributed by atoms with Crippen molar-refractivity contribution in [2.45, 2.75) is 25.4 Å². The third-order valence-corrected chi connectivity index (χ3v) is 2.87. The Labute approximate surface area is 107 Å². The molecule has 19 heavy (non-hydrogen) atoms. The first-order valence-electron chi connectivity index (χ1n) is 5.68. The number of rotatable bonds is 3. The van der Waals surface area contributed by atoms with Crippen molar-refractivity contribution >= 4 is 11.8 Å². The van der Waals surface area contributed by atoms with E-state index in [4.69, 9.17) is 0 Å². The van der Waals surface area contributed by atoms with Gasteiger partial charge in [-0.3, -0.25) is 14.9 Å². The lowest BCUT2D eigenvalue weighted by atomic mass is 10.1. The number of halogens is 3. The fraction of sp³-hybridized carbons (Fsp3) is 0.333. The highest BCUT2D eigenvalue weighted by Gasteiger charge is 2.26. The van der Waals surface area contributed by atoms with E-state index in [0.717, 1.165) is 6.07 Å². The molecule has 4 nitrogen and oxygen atoms in total. The van der Waals surface area contributed by atoms with Crippen LogP contribution in [0.1, 0.15) is 18.4 Å². The van der Waals surface area contributed by atoms with E-state index >= 15 is 0 Å². The third kappa shape index (κ3) is 3.11. The highest BCUT2D eigenvalue weighted by Crippen LogP contribution is 2.14. The molecule has 1 unspecified atom stereocenters. The zero-order valence-corrected chi connectivity index (χ0v) is 9.80. The molecule has 2 amide bonds. The minimum Gasteiger partial charge on any atom is -0.302 e. The second-order valence-electron chi connectivity index (χ2n) is 4.24. The van der Waals surface area contributed by atoms with Crippen LogP contribution >= 0.6 is 0 Å². The molecular formula is C12H11F3N2O2. The second-order valence-corrected chi connectivity index (χ2v) is 4.24. The lowest BCUT2D eigenvalue weighted by Crippen LogP contribution is -2.50. The Hall–Kier alpha value is -1.89. The number of carbonyl (C=O) groups excluding carboxylic acids is 2. The van der Waals surface area contributed by atoms with Crippen molar-refractivity contribution in [1.29, 1.82) is 0 Å². The highest BCUT2D eigenvalue weighted by molar-refractivity contribution is 6.00. The molecule has 0 bridgehead atoms. The predicted molar refractivity (Wildman–Crippen MR) is 59.3 cm³/mol. The molecule has 1 aliphatic heterocycles. The molecule has 0 aliphatic carbocycles. The summed E-state index contributed by atoms with van der Waals surface area (Å²) >= 11 is 0. The minimum atomic E-state index is -1.26. The van der Waals surface area contributed by atoms with Crippen LogP contribution in [-0.2, 0) is 16.1 Å². The van der Waals surface area contributed by atoms with Gasteiger partial charge in [-0.15, -0.1) is 0 Å². The summed E-state index contributed by atoms with van der Waals surface area (Å²) < 4.78 is 39.0. The molecule has 1 aliphatic rings. The normalized spacial score (nSPS) is 19.4. The SMILES string of the molecule is O=C1CCC(NCc2cc(F)c(F)cc2F)C(=O)N1. The Balaban J connectivity index is 2.01. The molecule has 1 saturated heterocycles. The Morgan fingerprint density at radius 2 is 1.84 bits per heavy atom. The van der Waals surface area contributed by atoms with Gasteiger partial charge in [0, 0.05) is 24.6 Å². The maximum absolute atomic E-state index is 13.3. The average molecular weight is 272 g/mol. The largest absolute Gasteiger partial charge is 0.302 e. The van der Waals surface area contributed by atoms with Crippen LogP contribution in [0.5, 0.6) is 0 Å². The molecule has 1 aromatic rings. The van der Waals surface area contributed by atoms with Crippen LogP contribution in [-0.4, -0.2) is 17.9 Å². The molecule has 0 saturated carbocycles. The van der Waals surface area contributed by atoms with Crippen LogP contribution in [0, 0.1) is 17.5 Å². The van der Waals surface area contributed by atoms with Crippen molar-refractivity contribution in [3.63, 3.8) is 0 Å². The summed E-state index contributed by atoms with van der Waals surface area (Å²) in [6.45, 7) is -0.130. The molecule has 7 heteroatoms. The summed E-state index contributed by atoms with van der Waals surface area (Å²) in [6.07, 6.45) is 0.472. The van der Waals surface area contributed by atoms with E-state index in [1.165, 1.54) is 0 Å². The molecular weight excluding hydrogens is 261 g/mol. The average Bonchev–Trinajstić information content (AvgIpc) is 2.34. The summed E-state index contributed by atoms with van der Waals surface area (Å²) in [5.41, 5.74) is -0.0800. The van der Waals surface area contributed by atoms with Crippen LogP contribution in [0.4, 0.5) is 13.2 Å². The quantitative estimate of drug-likeness (QED) is 0.637. The first kappa shape index (κ1) is 13.5. The lowest BCUT2D eigenvalue weighted by Gasteiger charge is -2.22. The fourth-order valence-corrected chi connectivity index (χ4v) is 1.82. The maximum Gasteiger partial charge on any atom is 0.243 e. The number of benzene rings is 1. The van der Waals surface area contributed by atoms with E-state index in [1.54, 1.807) is 0 Å². The number of piperidine rings is 1. The highest BCUT2D eigenvalue weighted by atomic mass is 19.2. The van der Waals surface area contributed by atoms with E-state index in [2.05, 4.69) is 10.6 Å². The predicted octanol–water partition coefficient (Wildman–Crippen LogP) is 0.999. The zero-order valence-electron chi connectivity index (χ0n) is 9.80. The molecule has 1 heterocycles. The summed E-state index contributed by atoms with van der Waals surface area (Å²) in [4.78, 5) is 22.3. The molecule has 0 radical (unpaired) electrons. The Morgan fingerprint density at radius 1 is 1.16 bits per heavy atom.